The molecule has 5 nitrogen and oxygen atoms in total. The molecule has 1 fully saturated rings. The molecule has 0 aliphatic carbocycles. The summed E-state index contributed by atoms with van der Waals surface area (Å²) in [6.07, 6.45) is 3.88. The van der Waals surface area contributed by atoms with Crippen LogP contribution in [0.15, 0.2) is 6.33 Å². The smallest absolute Gasteiger partial charge is 0.136 e. The SMILES string of the molecule is COCCn1cnnc1C1CCOCC1. The van der Waals surface area contributed by atoms with Gasteiger partial charge in [-0.1, -0.05) is 0 Å². The maximum atomic E-state index is 5.34. The Morgan fingerprint density at radius 2 is 2.33 bits per heavy atom. The summed E-state index contributed by atoms with van der Waals surface area (Å²) in [4.78, 5) is 0. The number of aromatic nitrogens is 3. The fraction of sp³-hybridized carbons (Fsp3) is 0.800. The van der Waals surface area contributed by atoms with Crippen LogP contribution in [-0.2, 0) is 16.0 Å². The first kappa shape index (κ1) is 10.6. The summed E-state index contributed by atoms with van der Waals surface area (Å²) in [5.41, 5.74) is 0. The van der Waals surface area contributed by atoms with E-state index in [0.717, 1.165) is 38.4 Å². The highest BCUT2D eigenvalue weighted by molar-refractivity contribution is 4.97. The number of ether oxygens (including phenoxy) is 2. The summed E-state index contributed by atoms with van der Waals surface area (Å²) in [6.45, 7) is 3.20. The van der Waals surface area contributed by atoms with Crippen LogP contribution in [0.4, 0.5) is 0 Å². The molecule has 2 rings (SSSR count). The molecule has 0 spiro atoms. The molecule has 0 radical (unpaired) electrons. The van der Waals surface area contributed by atoms with Crippen molar-refractivity contribution in [2.45, 2.75) is 25.3 Å². The summed E-state index contributed by atoms with van der Waals surface area (Å²) in [5.74, 6) is 1.58. The van der Waals surface area contributed by atoms with E-state index in [9.17, 15) is 0 Å². The minimum atomic E-state index is 0.498. The maximum Gasteiger partial charge on any atom is 0.136 e. The van der Waals surface area contributed by atoms with Gasteiger partial charge in [0.15, 0.2) is 0 Å². The Morgan fingerprint density at radius 3 is 3.07 bits per heavy atom. The van der Waals surface area contributed by atoms with Crippen molar-refractivity contribution in [2.24, 2.45) is 0 Å². The van der Waals surface area contributed by atoms with E-state index in [-0.39, 0.29) is 0 Å². The Kier molecular flexibility index (Phi) is 3.69. The molecule has 15 heavy (non-hydrogen) atoms. The lowest BCUT2D eigenvalue weighted by atomic mass is 9.99. The third-order valence-corrected chi connectivity index (χ3v) is 2.77. The molecule has 1 aromatic rings. The van der Waals surface area contributed by atoms with Gasteiger partial charge in [0.25, 0.3) is 0 Å². The minimum absolute atomic E-state index is 0.498. The molecule has 0 atom stereocenters. The predicted molar refractivity (Wildman–Crippen MR) is 54.7 cm³/mol. The molecule has 1 aliphatic heterocycles. The quantitative estimate of drug-likeness (QED) is 0.739. The lowest BCUT2D eigenvalue weighted by Gasteiger charge is -2.21. The van der Waals surface area contributed by atoms with Gasteiger partial charge in [-0.2, -0.15) is 0 Å². The zero-order valence-corrected chi connectivity index (χ0v) is 9.06. The first-order valence-corrected chi connectivity index (χ1v) is 5.36. The van der Waals surface area contributed by atoms with Crippen LogP contribution in [0.5, 0.6) is 0 Å². The molecule has 0 aromatic carbocycles. The summed E-state index contributed by atoms with van der Waals surface area (Å²) in [5, 5.41) is 8.16. The van der Waals surface area contributed by atoms with Gasteiger partial charge in [-0.25, -0.2) is 0 Å². The van der Waals surface area contributed by atoms with Crippen LogP contribution in [0.3, 0.4) is 0 Å². The molecule has 1 saturated heterocycles. The van der Waals surface area contributed by atoms with Gasteiger partial charge in [-0.05, 0) is 12.8 Å². The topological polar surface area (TPSA) is 49.2 Å². The van der Waals surface area contributed by atoms with E-state index in [1.165, 1.54) is 0 Å². The normalized spacial score (nSPS) is 18.2. The molecule has 0 bridgehead atoms. The van der Waals surface area contributed by atoms with Gasteiger partial charge in [-0.3, -0.25) is 0 Å². The highest BCUT2D eigenvalue weighted by atomic mass is 16.5. The summed E-state index contributed by atoms with van der Waals surface area (Å²) >= 11 is 0. The van der Waals surface area contributed by atoms with Crippen LogP contribution >= 0.6 is 0 Å². The van der Waals surface area contributed by atoms with Crippen molar-refractivity contribution in [3.8, 4) is 0 Å². The van der Waals surface area contributed by atoms with E-state index in [4.69, 9.17) is 9.47 Å². The summed E-state index contributed by atoms with van der Waals surface area (Å²) in [6, 6.07) is 0. The second-order valence-electron chi connectivity index (χ2n) is 3.76. The van der Waals surface area contributed by atoms with Gasteiger partial charge in [0, 0.05) is 32.8 Å². The van der Waals surface area contributed by atoms with E-state index in [1.807, 2.05) is 0 Å². The Balaban J connectivity index is 2.02. The van der Waals surface area contributed by atoms with Crippen LogP contribution in [0, 0.1) is 0 Å². The van der Waals surface area contributed by atoms with Gasteiger partial charge in [0.05, 0.1) is 6.61 Å². The largest absolute Gasteiger partial charge is 0.383 e. The molecule has 84 valence electrons. The van der Waals surface area contributed by atoms with Crippen LogP contribution in [-0.4, -0.2) is 41.7 Å². The monoisotopic (exact) mass is 211 g/mol. The molecule has 2 heterocycles. The molecular formula is C10H17N3O2. The Morgan fingerprint density at radius 1 is 1.53 bits per heavy atom. The Bertz CT molecular complexity index is 295. The van der Waals surface area contributed by atoms with Crippen LogP contribution < -0.4 is 0 Å². The van der Waals surface area contributed by atoms with Crippen molar-refractivity contribution >= 4 is 0 Å². The number of methoxy groups -OCH3 is 1. The van der Waals surface area contributed by atoms with E-state index >= 15 is 0 Å². The molecule has 0 amide bonds. The van der Waals surface area contributed by atoms with Crippen molar-refractivity contribution in [3.05, 3.63) is 12.2 Å². The fourth-order valence-electron chi connectivity index (χ4n) is 1.90. The van der Waals surface area contributed by atoms with Gasteiger partial charge < -0.3 is 14.0 Å². The van der Waals surface area contributed by atoms with Gasteiger partial charge in [0.1, 0.15) is 12.2 Å². The molecular weight excluding hydrogens is 194 g/mol. The van der Waals surface area contributed by atoms with E-state index in [1.54, 1.807) is 13.4 Å². The molecule has 0 saturated carbocycles. The van der Waals surface area contributed by atoms with E-state index < -0.39 is 0 Å². The van der Waals surface area contributed by atoms with Crippen molar-refractivity contribution in [1.29, 1.82) is 0 Å². The number of rotatable bonds is 4. The summed E-state index contributed by atoms with van der Waals surface area (Å²) in [7, 11) is 1.71. The highest BCUT2D eigenvalue weighted by Gasteiger charge is 2.20. The second kappa shape index (κ2) is 5.23. The zero-order chi connectivity index (χ0) is 10.5. The molecule has 1 aliphatic rings. The standard InChI is InChI=1S/C10H17N3O2/c1-14-7-4-13-8-11-12-10(13)9-2-5-15-6-3-9/h8-9H,2-7H2,1H3. The second-order valence-corrected chi connectivity index (χ2v) is 3.76. The Hall–Kier alpha value is -0.940. The van der Waals surface area contributed by atoms with Gasteiger partial charge in [0.2, 0.25) is 0 Å². The van der Waals surface area contributed by atoms with Crippen LogP contribution in [0.2, 0.25) is 0 Å². The lowest BCUT2D eigenvalue weighted by molar-refractivity contribution is 0.0823. The minimum Gasteiger partial charge on any atom is -0.383 e. The van der Waals surface area contributed by atoms with Gasteiger partial charge in [-0.15, -0.1) is 10.2 Å². The first-order valence-electron chi connectivity index (χ1n) is 5.36. The average Bonchev–Trinajstić information content (AvgIpc) is 2.75. The maximum absolute atomic E-state index is 5.34. The van der Waals surface area contributed by atoms with Crippen molar-refractivity contribution in [2.75, 3.05) is 26.9 Å². The first-order chi connectivity index (χ1) is 7.42. The lowest BCUT2D eigenvalue weighted by Crippen LogP contribution is -2.19. The third kappa shape index (κ3) is 2.54. The van der Waals surface area contributed by atoms with E-state index in [2.05, 4.69) is 14.8 Å². The summed E-state index contributed by atoms with van der Waals surface area (Å²) < 4.78 is 12.5. The van der Waals surface area contributed by atoms with Crippen LogP contribution in [0.25, 0.3) is 0 Å². The van der Waals surface area contributed by atoms with E-state index in [0.29, 0.717) is 12.5 Å². The number of hydrogen-bond donors (Lipinski definition) is 0. The third-order valence-electron chi connectivity index (χ3n) is 2.77. The zero-order valence-electron chi connectivity index (χ0n) is 9.06. The van der Waals surface area contributed by atoms with Crippen molar-refractivity contribution in [1.82, 2.24) is 14.8 Å². The molecule has 5 heteroatoms. The highest BCUT2D eigenvalue weighted by Crippen LogP contribution is 2.24. The fourth-order valence-corrected chi connectivity index (χ4v) is 1.90. The molecule has 0 N–H and O–H groups in total. The average molecular weight is 211 g/mol. The molecule has 1 aromatic heterocycles. The van der Waals surface area contributed by atoms with Gasteiger partial charge >= 0.3 is 0 Å². The molecule has 0 unspecified atom stereocenters. The number of hydrogen-bond acceptors (Lipinski definition) is 4. The van der Waals surface area contributed by atoms with Crippen molar-refractivity contribution in [3.63, 3.8) is 0 Å². The van der Waals surface area contributed by atoms with Crippen molar-refractivity contribution < 1.29 is 9.47 Å². The number of nitrogens with zero attached hydrogens (tertiary/aromatic N) is 3. The van der Waals surface area contributed by atoms with Crippen LogP contribution in [0.1, 0.15) is 24.6 Å². The Labute approximate surface area is 89.4 Å². The predicted octanol–water partition coefficient (Wildman–Crippen LogP) is 0.819.